The number of carbonyl (C=O) groups is 1. The number of aromatic nitrogens is 2. The molecule has 0 atom stereocenters. The van der Waals surface area contributed by atoms with Crippen LogP contribution in [0.15, 0.2) is 6.07 Å². The van der Waals surface area contributed by atoms with Crippen molar-refractivity contribution in [2.45, 2.75) is 19.4 Å². The summed E-state index contributed by atoms with van der Waals surface area (Å²) in [5.74, 6) is -13.4. The first-order valence-corrected chi connectivity index (χ1v) is 6.49. The van der Waals surface area contributed by atoms with Crippen LogP contribution in [-0.2, 0) is 11.3 Å². The minimum Gasteiger partial charge on any atom is -0.319 e. The molecule has 0 aliphatic rings. The summed E-state index contributed by atoms with van der Waals surface area (Å²) in [6, 6.07) is 0.307. The molecule has 0 aliphatic heterocycles. The lowest BCUT2D eigenvalue weighted by atomic mass is 10.2. The van der Waals surface area contributed by atoms with Crippen LogP contribution >= 0.6 is 0 Å². The topological polar surface area (TPSA) is 46.9 Å². The fourth-order valence-electron chi connectivity index (χ4n) is 1.89. The van der Waals surface area contributed by atoms with Gasteiger partial charge in [0.1, 0.15) is 23.6 Å². The summed E-state index contributed by atoms with van der Waals surface area (Å²) in [6.07, 6.45) is -6.57. The minimum absolute atomic E-state index is 0.119. The monoisotopic (exact) mass is 391 g/mol. The molecule has 0 saturated carbocycles. The third-order valence-electron chi connectivity index (χ3n) is 3.04. The van der Waals surface area contributed by atoms with Crippen LogP contribution in [0.25, 0.3) is 0 Å². The van der Waals surface area contributed by atoms with Gasteiger partial charge in [0.05, 0.1) is 0 Å². The molecule has 1 amide bonds. The van der Waals surface area contributed by atoms with Gasteiger partial charge in [-0.3, -0.25) is 9.48 Å². The predicted octanol–water partition coefficient (Wildman–Crippen LogP) is 4.09. The van der Waals surface area contributed by atoms with Gasteiger partial charge in [-0.05, 0) is 6.07 Å². The fourth-order valence-corrected chi connectivity index (χ4v) is 1.89. The first-order valence-electron chi connectivity index (χ1n) is 6.49. The zero-order valence-electron chi connectivity index (χ0n) is 12.1. The molecule has 1 heterocycles. The lowest BCUT2D eigenvalue weighted by molar-refractivity contribution is -0.117. The summed E-state index contributed by atoms with van der Waals surface area (Å²) in [6.45, 7) is -1.24. The first-order chi connectivity index (χ1) is 12.0. The van der Waals surface area contributed by atoms with Gasteiger partial charge in [0.25, 0.3) is 12.9 Å². The number of hydrogen-bond acceptors (Lipinski definition) is 2. The Morgan fingerprint density at radius 2 is 1.42 bits per heavy atom. The summed E-state index contributed by atoms with van der Waals surface area (Å²) in [7, 11) is 0. The molecule has 0 spiro atoms. The second kappa shape index (κ2) is 7.25. The fraction of sp³-hybridized carbons (Fsp3) is 0.231. The third-order valence-corrected chi connectivity index (χ3v) is 3.04. The molecule has 0 aliphatic carbocycles. The summed E-state index contributed by atoms with van der Waals surface area (Å²) in [5.41, 5.74) is -3.91. The molecule has 142 valence electrons. The van der Waals surface area contributed by atoms with Crippen molar-refractivity contribution in [3.05, 3.63) is 46.5 Å². The largest absolute Gasteiger partial charge is 0.319 e. The van der Waals surface area contributed by atoms with Crippen molar-refractivity contribution in [3.8, 4) is 0 Å². The SMILES string of the molecule is O=C(Cn1nc(C(F)F)cc1C(F)F)Nc1c(F)c(F)c(F)c(F)c1F. The van der Waals surface area contributed by atoms with Crippen LogP contribution in [0, 0.1) is 29.1 Å². The Labute approximate surface area is 138 Å². The molecule has 0 unspecified atom stereocenters. The van der Waals surface area contributed by atoms with E-state index in [1.54, 1.807) is 0 Å². The Morgan fingerprint density at radius 1 is 0.923 bits per heavy atom. The van der Waals surface area contributed by atoms with Crippen LogP contribution in [0.2, 0.25) is 0 Å². The lowest BCUT2D eigenvalue weighted by Crippen LogP contribution is -2.23. The molecule has 1 aromatic heterocycles. The van der Waals surface area contributed by atoms with E-state index in [0.717, 1.165) is 0 Å². The molecular formula is C13H6F9N3O. The molecule has 0 saturated heterocycles. The van der Waals surface area contributed by atoms with Crippen molar-refractivity contribution in [2.24, 2.45) is 0 Å². The highest BCUT2D eigenvalue weighted by Crippen LogP contribution is 2.28. The van der Waals surface area contributed by atoms with Crippen molar-refractivity contribution < 1.29 is 44.3 Å². The van der Waals surface area contributed by atoms with Crippen molar-refractivity contribution in [3.63, 3.8) is 0 Å². The van der Waals surface area contributed by atoms with Gasteiger partial charge < -0.3 is 5.32 Å². The Morgan fingerprint density at radius 3 is 1.88 bits per heavy atom. The van der Waals surface area contributed by atoms with Crippen LogP contribution in [0.1, 0.15) is 24.2 Å². The molecule has 4 nitrogen and oxygen atoms in total. The Hall–Kier alpha value is -2.73. The third kappa shape index (κ3) is 3.60. The van der Waals surface area contributed by atoms with Gasteiger partial charge in [-0.1, -0.05) is 0 Å². The highest BCUT2D eigenvalue weighted by molar-refractivity contribution is 5.90. The second-order valence-electron chi connectivity index (χ2n) is 4.75. The average molecular weight is 391 g/mol. The Bertz CT molecular complexity index is 821. The number of anilines is 1. The predicted molar refractivity (Wildman–Crippen MR) is 67.0 cm³/mol. The van der Waals surface area contributed by atoms with Crippen LogP contribution in [-0.4, -0.2) is 15.7 Å². The van der Waals surface area contributed by atoms with Crippen molar-refractivity contribution in [1.29, 1.82) is 0 Å². The highest BCUT2D eigenvalue weighted by Gasteiger charge is 2.28. The average Bonchev–Trinajstić information content (AvgIpc) is 2.99. The number of amides is 1. The van der Waals surface area contributed by atoms with Gasteiger partial charge in [0.2, 0.25) is 11.7 Å². The van der Waals surface area contributed by atoms with E-state index in [1.165, 1.54) is 5.32 Å². The Balaban J connectivity index is 2.31. The number of benzene rings is 1. The summed E-state index contributed by atoms with van der Waals surface area (Å²) < 4.78 is 116. The van der Waals surface area contributed by atoms with E-state index < -0.39 is 71.5 Å². The number of carbonyl (C=O) groups excluding carboxylic acids is 1. The maximum atomic E-state index is 13.4. The van der Waals surface area contributed by atoms with Crippen molar-refractivity contribution in [2.75, 3.05) is 5.32 Å². The zero-order valence-corrected chi connectivity index (χ0v) is 12.1. The molecule has 2 aromatic rings. The summed E-state index contributed by atoms with van der Waals surface area (Å²) >= 11 is 0. The second-order valence-corrected chi connectivity index (χ2v) is 4.75. The molecule has 26 heavy (non-hydrogen) atoms. The number of nitrogens with one attached hydrogen (secondary N) is 1. The van der Waals surface area contributed by atoms with Crippen LogP contribution in [0.3, 0.4) is 0 Å². The van der Waals surface area contributed by atoms with E-state index >= 15 is 0 Å². The Kier molecular flexibility index (Phi) is 5.47. The molecule has 0 radical (unpaired) electrons. The van der Waals surface area contributed by atoms with Gasteiger partial charge in [0, 0.05) is 0 Å². The number of alkyl halides is 4. The standard InChI is InChI=1S/C13H6F9N3O/c14-6-7(15)9(17)11(10(18)8(6)16)23-5(26)2-25-4(13(21)22)1-3(24-25)12(19)20/h1,12-13H,2H2,(H,23,26). The van der Waals surface area contributed by atoms with Crippen LogP contribution in [0.4, 0.5) is 45.2 Å². The van der Waals surface area contributed by atoms with Gasteiger partial charge in [0.15, 0.2) is 23.3 Å². The number of halogens is 9. The first kappa shape index (κ1) is 19.6. The van der Waals surface area contributed by atoms with E-state index in [-0.39, 0.29) is 4.68 Å². The maximum absolute atomic E-state index is 13.4. The highest BCUT2D eigenvalue weighted by atomic mass is 19.3. The molecule has 13 heteroatoms. The number of rotatable bonds is 5. The summed E-state index contributed by atoms with van der Waals surface area (Å²) in [5, 5.41) is 4.35. The van der Waals surface area contributed by atoms with Gasteiger partial charge in [-0.2, -0.15) is 5.10 Å². The van der Waals surface area contributed by atoms with E-state index in [1.807, 2.05) is 0 Å². The molecule has 0 bridgehead atoms. The van der Waals surface area contributed by atoms with E-state index in [2.05, 4.69) is 5.10 Å². The van der Waals surface area contributed by atoms with Gasteiger partial charge in [-0.15, -0.1) is 0 Å². The number of nitrogens with zero attached hydrogens (tertiary/aromatic N) is 2. The maximum Gasteiger partial charge on any atom is 0.282 e. The number of hydrogen-bond donors (Lipinski definition) is 1. The van der Waals surface area contributed by atoms with Crippen LogP contribution in [0.5, 0.6) is 0 Å². The zero-order chi connectivity index (χ0) is 19.8. The molecular weight excluding hydrogens is 385 g/mol. The minimum atomic E-state index is -3.32. The summed E-state index contributed by atoms with van der Waals surface area (Å²) in [4.78, 5) is 11.7. The van der Waals surface area contributed by atoms with E-state index in [4.69, 9.17) is 0 Å². The molecule has 2 rings (SSSR count). The molecule has 1 N–H and O–H groups in total. The van der Waals surface area contributed by atoms with Crippen LogP contribution < -0.4 is 5.32 Å². The van der Waals surface area contributed by atoms with E-state index in [0.29, 0.717) is 6.07 Å². The lowest BCUT2D eigenvalue weighted by Gasteiger charge is -2.11. The smallest absolute Gasteiger partial charge is 0.282 e. The van der Waals surface area contributed by atoms with Gasteiger partial charge >= 0.3 is 0 Å². The van der Waals surface area contributed by atoms with E-state index in [9.17, 15) is 44.3 Å². The van der Waals surface area contributed by atoms with Crippen molar-refractivity contribution in [1.82, 2.24) is 9.78 Å². The molecule has 0 fully saturated rings. The quantitative estimate of drug-likeness (QED) is 0.474. The van der Waals surface area contributed by atoms with Crippen molar-refractivity contribution >= 4 is 11.6 Å². The normalized spacial score (nSPS) is 11.5. The van der Waals surface area contributed by atoms with Gasteiger partial charge in [-0.25, -0.2) is 39.5 Å². The molecule has 1 aromatic carbocycles.